The average molecular weight is 178 g/mol. The number of nitrogens with zero attached hydrogens (tertiary/aromatic N) is 4. The van der Waals surface area contributed by atoms with Gasteiger partial charge in [-0.1, -0.05) is 0 Å². The van der Waals surface area contributed by atoms with Crippen molar-refractivity contribution in [2.75, 3.05) is 14.1 Å². The second-order valence-electron chi connectivity index (χ2n) is 3.32. The van der Waals surface area contributed by atoms with Crippen LogP contribution in [-0.4, -0.2) is 28.5 Å². The van der Waals surface area contributed by atoms with E-state index in [1.165, 1.54) is 0 Å². The van der Waals surface area contributed by atoms with Crippen LogP contribution in [-0.2, 0) is 7.05 Å². The number of aryl methyl sites for hydroxylation is 1. The number of aromatic nitrogens is 2. The summed E-state index contributed by atoms with van der Waals surface area (Å²) in [6.07, 6.45) is 1.73. The summed E-state index contributed by atoms with van der Waals surface area (Å²) in [4.78, 5) is 6.06. The molecule has 4 heteroatoms. The van der Waals surface area contributed by atoms with E-state index in [-0.39, 0.29) is 6.04 Å². The maximum atomic E-state index is 8.94. The van der Waals surface area contributed by atoms with Crippen LogP contribution in [0.4, 0.5) is 0 Å². The summed E-state index contributed by atoms with van der Waals surface area (Å²) in [5, 5.41) is 8.94. The van der Waals surface area contributed by atoms with Crippen LogP contribution in [0.3, 0.4) is 0 Å². The van der Waals surface area contributed by atoms with Gasteiger partial charge < -0.3 is 4.57 Å². The lowest BCUT2D eigenvalue weighted by Gasteiger charge is -2.15. The Morgan fingerprint density at radius 1 is 1.62 bits per heavy atom. The minimum absolute atomic E-state index is 0.249. The molecule has 0 aliphatic rings. The van der Waals surface area contributed by atoms with Gasteiger partial charge in [0.1, 0.15) is 6.04 Å². The normalized spacial score (nSPS) is 12.9. The number of nitriles is 1. The van der Waals surface area contributed by atoms with E-state index in [4.69, 9.17) is 5.26 Å². The molecule has 4 nitrogen and oxygen atoms in total. The van der Waals surface area contributed by atoms with E-state index in [0.29, 0.717) is 0 Å². The second-order valence-corrected chi connectivity index (χ2v) is 3.32. The van der Waals surface area contributed by atoms with Crippen molar-refractivity contribution in [3.8, 4) is 6.07 Å². The molecule has 13 heavy (non-hydrogen) atoms. The van der Waals surface area contributed by atoms with Gasteiger partial charge in [-0.15, -0.1) is 0 Å². The third kappa shape index (κ3) is 1.70. The lowest BCUT2D eigenvalue weighted by Crippen LogP contribution is -2.19. The molecular weight excluding hydrogens is 164 g/mol. The van der Waals surface area contributed by atoms with Crippen molar-refractivity contribution in [3.05, 3.63) is 17.7 Å². The molecule has 0 bridgehead atoms. The Morgan fingerprint density at radius 3 is 2.54 bits per heavy atom. The van der Waals surface area contributed by atoms with Crippen LogP contribution < -0.4 is 0 Å². The summed E-state index contributed by atoms with van der Waals surface area (Å²) in [5.74, 6) is 0. The molecule has 0 radical (unpaired) electrons. The molecule has 1 aromatic heterocycles. The summed E-state index contributed by atoms with van der Waals surface area (Å²) < 4.78 is 1.92. The zero-order valence-electron chi connectivity index (χ0n) is 8.44. The van der Waals surface area contributed by atoms with Gasteiger partial charge in [0.05, 0.1) is 18.1 Å². The first-order valence-corrected chi connectivity index (χ1v) is 4.11. The Labute approximate surface area is 78.4 Å². The third-order valence-corrected chi connectivity index (χ3v) is 2.17. The smallest absolute Gasteiger partial charge is 0.142 e. The summed E-state index contributed by atoms with van der Waals surface area (Å²) in [6.45, 7) is 1.97. The summed E-state index contributed by atoms with van der Waals surface area (Å²) in [6, 6.07) is 1.97. The number of hydrogen-bond donors (Lipinski definition) is 0. The van der Waals surface area contributed by atoms with Gasteiger partial charge in [-0.3, -0.25) is 4.90 Å². The minimum Gasteiger partial charge on any atom is -0.338 e. The summed E-state index contributed by atoms with van der Waals surface area (Å²) >= 11 is 0. The highest BCUT2D eigenvalue weighted by Crippen LogP contribution is 2.18. The van der Waals surface area contributed by atoms with Gasteiger partial charge in [-0.05, 0) is 21.0 Å². The fourth-order valence-corrected chi connectivity index (χ4v) is 1.20. The van der Waals surface area contributed by atoms with Crippen molar-refractivity contribution in [3.63, 3.8) is 0 Å². The van der Waals surface area contributed by atoms with Crippen molar-refractivity contribution in [2.24, 2.45) is 7.05 Å². The molecule has 1 rings (SSSR count). The number of hydrogen-bond acceptors (Lipinski definition) is 3. The Balaban J connectivity index is 3.07. The van der Waals surface area contributed by atoms with Gasteiger partial charge in [0.15, 0.2) is 0 Å². The number of rotatable bonds is 2. The molecule has 70 valence electrons. The van der Waals surface area contributed by atoms with Crippen molar-refractivity contribution in [1.29, 1.82) is 5.26 Å². The van der Waals surface area contributed by atoms with E-state index < -0.39 is 0 Å². The van der Waals surface area contributed by atoms with Crippen LogP contribution in [0.1, 0.15) is 17.4 Å². The topological polar surface area (TPSA) is 44.9 Å². The minimum atomic E-state index is -0.249. The molecule has 0 spiro atoms. The van der Waals surface area contributed by atoms with Gasteiger partial charge in [0, 0.05) is 12.7 Å². The van der Waals surface area contributed by atoms with Gasteiger partial charge >= 0.3 is 0 Å². The molecule has 0 N–H and O–H groups in total. The largest absolute Gasteiger partial charge is 0.338 e. The highest BCUT2D eigenvalue weighted by Gasteiger charge is 2.18. The first kappa shape index (κ1) is 9.75. The Kier molecular flexibility index (Phi) is 2.69. The van der Waals surface area contributed by atoms with Crippen LogP contribution >= 0.6 is 0 Å². The van der Waals surface area contributed by atoms with E-state index in [0.717, 1.165) is 11.4 Å². The van der Waals surface area contributed by atoms with E-state index in [2.05, 4.69) is 11.1 Å². The maximum absolute atomic E-state index is 8.94. The molecule has 1 aromatic rings. The van der Waals surface area contributed by atoms with Crippen LogP contribution in [0, 0.1) is 18.3 Å². The van der Waals surface area contributed by atoms with Crippen molar-refractivity contribution >= 4 is 0 Å². The third-order valence-electron chi connectivity index (χ3n) is 2.17. The molecule has 1 heterocycles. The van der Waals surface area contributed by atoms with Gasteiger partial charge in [-0.2, -0.15) is 5.26 Å². The molecule has 0 aliphatic heterocycles. The van der Waals surface area contributed by atoms with Crippen LogP contribution in [0.25, 0.3) is 0 Å². The monoisotopic (exact) mass is 178 g/mol. The highest BCUT2D eigenvalue weighted by atomic mass is 15.1. The quantitative estimate of drug-likeness (QED) is 0.674. The molecule has 0 saturated carbocycles. The molecular formula is C9H14N4. The lowest BCUT2D eigenvalue weighted by atomic mass is 10.2. The predicted molar refractivity (Wildman–Crippen MR) is 50.0 cm³/mol. The molecule has 0 saturated heterocycles. The van der Waals surface area contributed by atoms with Gasteiger partial charge in [0.25, 0.3) is 0 Å². The standard InChI is InChI=1S/C9H14N4/c1-7-9(11-6-13(7)4)8(5-10)12(2)3/h6,8H,1-4H3. The van der Waals surface area contributed by atoms with Crippen molar-refractivity contribution in [1.82, 2.24) is 14.5 Å². The van der Waals surface area contributed by atoms with Crippen LogP contribution in [0.15, 0.2) is 6.33 Å². The molecule has 1 unspecified atom stereocenters. The Bertz CT molecular complexity index is 332. The average Bonchev–Trinajstić information content (AvgIpc) is 2.37. The number of imidazole rings is 1. The molecule has 0 amide bonds. The van der Waals surface area contributed by atoms with E-state index in [9.17, 15) is 0 Å². The first-order valence-electron chi connectivity index (χ1n) is 4.11. The van der Waals surface area contributed by atoms with E-state index >= 15 is 0 Å². The van der Waals surface area contributed by atoms with Crippen molar-refractivity contribution < 1.29 is 0 Å². The van der Waals surface area contributed by atoms with Crippen molar-refractivity contribution in [2.45, 2.75) is 13.0 Å². The summed E-state index contributed by atoms with van der Waals surface area (Å²) in [5.41, 5.74) is 1.88. The summed E-state index contributed by atoms with van der Waals surface area (Å²) in [7, 11) is 5.68. The second kappa shape index (κ2) is 3.58. The molecule has 1 atom stereocenters. The first-order chi connectivity index (χ1) is 6.07. The van der Waals surface area contributed by atoms with Gasteiger partial charge in [-0.25, -0.2) is 4.98 Å². The highest BCUT2D eigenvalue weighted by molar-refractivity contribution is 5.20. The lowest BCUT2D eigenvalue weighted by molar-refractivity contribution is 0.352. The molecule has 0 aliphatic carbocycles. The molecule has 0 aromatic carbocycles. The Hall–Kier alpha value is -1.34. The fraction of sp³-hybridized carbons (Fsp3) is 0.556. The van der Waals surface area contributed by atoms with Gasteiger partial charge in [0.2, 0.25) is 0 Å². The zero-order chi connectivity index (χ0) is 10.0. The van der Waals surface area contributed by atoms with E-state index in [1.54, 1.807) is 6.33 Å². The zero-order valence-corrected chi connectivity index (χ0v) is 8.44. The van der Waals surface area contributed by atoms with E-state index in [1.807, 2.05) is 37.5 Å². The maximum Gasteiger partial charge on any atom is 0.142 e. The SMILES string of the molecule is Cc1c(C(C#N)N(C)C)ncn1C. The predicted octanol–water partition coefficient (Wildman–Crippen LogP) is 0.855. The van der Waals surface area contributed by atoms with Crippen LogP contribution in [0.5, 0.6) is 0 Å². The Morgan fingerprint density at radius 2 is 2.23 bits per heavy atom. The van der Waals surface area contributed by atoms with Crippen LogP contribution in [0.2, 0.25) is 0 Å². The molecule has 0 fully saturated rings. The fourth-order valence-electron chi connectivity index (χ4n) is 1.20.